The Morgan fingerprint density at radius 1 is 0.241 bits per heavy atom. The summed E-state index contributed by atoms with van der Waals surface area (Å²) in [5.74, 6) is -0.996. The van der Waals surface area contributed by atoms with Crippen molar-refractivity contribution in [3.63, 3.8) is 0 Å². The fourth-order valence-corrected chi connectivity index (χ4v) is 8.26. The highest BCUT2D eigenvalue weighted by Crippen LogP contribution is 2.14. The zero-order valence-corrected chi connectivity index (χ0v) is 52.9. The largest absolute Gasteiger partial charge is 0.462 e. The standard InChI is InChI=1S/C77H118O6/c1-4-7-10-13-16-19-22-25-27-29-31-33-35-37-38-40-41-43-45-47-49-52-55-58-61-64-67-70-76(79)82-73-74(72-81-75(78)69-66-63-60-57-54-51-24-21-18-15-12-9-6-3)83-77(80)71-68-65-62-59-56-53-50-48-46-44-42-39-36-34-32-30-28-26-23-20-17-14-11-8-5-2/h7-12,16-21,25-28,31-34,37-39,41-43,46,48,51,53-54,56,74H,4-6,13-15,22-24,29-30,35-36,40,44-45,47,49-50,52,55,57-73H2,1-3H3/b10-7-,11-8-,12-9-,19-16-,20-17-,21-18-,27-25-,28-26-,33-31-,34-32-,38-37-,42-39-,43-41-,48-46-,54-51-,56-53-. The molecule has 0 bridgehead atoms. The Morgan fingerprint density at radius 2 is 0.434 bits per heavy atom. The van der Waals surface area contributed by atoms with E-state index < -0.39 is 6.10 Å². The second-order valence-electron chi connectivity index (χ2n) is 20.9. The van der Waals surface area contributed by atoms with Crippen molar-refractivity contribution in [2.75, 3.05) is 13.2 Å². The van der Waals surface area contributed by atoms with E-state index in [2.05, 4.69) is 215 Å². The summed E-state index contributed by atoms with van der Waals surface area (Å²) in [4.78, 5) is 38.3. The van der Waals surface area contributed by atoms with Crippen LogP contribution in [0.15, 0.2) is 194 Å². The van der Waals surface area contributed by atoms with Gasteiger partial charge in [0.05, 0.1) is 0 Å². The molecule has 0 saturated carbocycles. The monoisotopic (exact) mass is 1140 g/mol. The first-order valence-corrected chi connectivity index (χ1v) is 32.9. The van der Waals surface area contributed by atoms with E-state index in [1.165, 1.54) is 32.1 Å². The highest BCUT2D eigenvalue weighted by Gasteiger charge is 2.19. The molecule has 0 rings (SSSR count). The number of unbranched alkanes of at least 4 members (excludes halogenated alkanes) is 14. The third-order valence-electron chi connectivity index (χ3n) is 13.1. The van der Waals surface area contributed by atoms with Gasteiger partial charge in [0.1, 0.15) is 13.2 Å². The van der Waals surface area contributed by atoms with Gasteiger partial charge in [-0.3, -0.25) is 14.4 Å². The van der Waals surface area contributed by atoms with E-state index in [0.717, 1.165) is 173 Å². The number of carbonyl (C=O) groups excluding carboxylic acids is 3. The zero-order chi connectivity index (χ0) is 59.9. The van der Waals surface area contributed by atoms with E-state index >= 15 is 0 Å². The maximum atomic E-state index is 12.9. The molecular formula is C77H118O6. The van der Waals surface area contributed by atoms with Crippen molar-refractivity contribution in [1.29, 1.82) is 0 Å². The third-order valence-corrected chi connectivity index (χ3v) is 13.1. The molecule has 0 aromatic carbocycles. The van der Waals surface area contributed by atoms with Gasteiger partial charge in [-0.15, -0.1) is 0 Å². The summed E-state index contributed by atoms with van der Waals surface area (Å²) >= 11 is 0. The molecule has 462 valence electrons. The minimum absolute atomic E-state index is 0.116. The lowest BCUT2D eigenvalue weighted by Gasteiger charge is -2.18. The maximum Gasteiger partial charge on any atom is 0.306 e. The molecule has 0 aliphatic carbocycles. The molecule has 6 nitrogen and oxygen atoms in total. The molecule has 0 aliphatic rings. The van der Waals surface area contributed by atoms with Crippen LogP contribution in [0.25, 0.3) is 0 Å². The Bertz CT molecular complexity index is 1990. The van der Waals surface area contributed by atoms with Gasteiger partial charge in [0, 0.05) is 19.3 Å². The van der Waals surface area contributed by atoms with Gasteiger partial charge in [0.25, 0.3) is 0 Å². The maximum absolute atomic E-state index is 12.9. The smallest absolute Gasteiger partial charge is 0.306 e. The number of allylic oxidation sites excluding steroid dienone is 32. The van der Waals surface area contributed by atoms with Crippen LogP contribution in [-0.2, 0) is 28.6 Å². The van der Waals surface area contributed by atoms with Gasteiger partial charge < -0.3 is 14.2 Å². The van der Waals surface area contributed by atoms with Crippen LogP contribution in [0.4, 0.5) is 0 Å². The first-order valence-electron chi connectivity index (χ1n) is 32.9. The lowest BCUT2D eigenvalue weighted by molar-refractivity contribution is -0.167. The molecule has 0 radical (unpaired) electrons. The number of esters is 3. The third kappa shape index (κ3) is 66.9. The summed E-state index contributed by atoms with van der Waals surface area (Å²) in [7, 11) is 0. The predicted molar refractivity (Wildman–Crippen MR) is 361 cm³/mol. The fraction of sp³-hybridized carbons (Fsp3) is 0.545. The van der Waals surface area contributed by atoms with Crippen molar-refractivity contribution < 1.29 is 28.6 Å². The predicted octanol–water partition coefficient (Wildman–Crippen LogP) is 23.0. The van der Waals surface area contributed by atoms with Crippen molar-refractivity contribution in [3.8, 4) is 0 Å². The number of rotatable bonds is 57. The Hall–Kier alpha value is -5.75. The Balaban J connectivity index is 4.47. The zero-order valence-electron chi connectivity index (χ0n) is 52.9. The van der Waals surface area contributed by atoms with Crippen molar-refractivity contribution in [3.05, 3.63) is 194 Å². The van der Waals surface area contributed by atoms with Gasteiger partial charge in [0.2, 0.25) is 0 Å². The number of hydrogen-bond acceptors (Lipinski definition) is 6. The molecule has 0 N–H and O–H groups in total. The summed E-state index contributed by atoms with van der Waals surface area (Å²) in [5.41, 5.74) is 0. The molecule has 0 amide bonds. The van der Waals surface area contributed by atoms with Crippen molar-refractivity contribution in [1.82, 2.24) is 0 Å². The Kier molecular flexibility index (Phi) is 64.0. The first-order chi connectivity index (χ1) is 41.0. The highest BCUT2D eigenvalue weighted by atomic mass is 16.6. The minimum Gasteiger partial charge on any atom is -0.462 e. The van der Waals surface area contributed by atoms with Crippen LogP contribution >= 0.6 is 0 Å². The molecule has 0 aromatic rings. The fourth-order valence-electron chi connectivity index (χ4n) is 8.26. The van der Waals surface area contributed by atoms with Crippen LogP contribution in [0.3, 0.4) is 0 Å². The molecule has 0 spiro atoms. The summed E-state index contributed by atoms with van der Waals surface area (Å²) < 4.78 is 16.9. The molecular weight excluding hydrogens is 1020 g/mol. The van der Waals surface area contributed by atoms with E-state index in [1.54, 1.807) is 0 Å². The second-order valence-corrected chi connectivity index (χ2v) is 20.9. The Morgan fingerprint density at radius 3 is 0.687 bits per heavy atom. The summed E-state index contributed by atoms with van der Waals surface area (Å²) in [5, 5.41) is 0. The molecule has 1 unspecified atom stereocenters. The number of ether oxygens (including phenoxy) is 3. The van der Waals surface area contributed by atoms with Crippen LogP contribution in [0.2, 0.25) is 0 Å². The molecule has 0 aromatic heterocycles. The number of carbonyl (C=O) groups is 3. The van der Waals surface area contributed by atoms with Crippen LogP contribution < -0.4 is 0 Å². The van der Waals surface area contributed by atoms with Gasteiger partial charge in [0.15, 0.2) is 6.10 Å². The van der Waals surface area contributed by atoms with Crippen molar-refractivity contribution in [2.24, 2.45) is 0 Å². The van der Waals surface area contributed by atoms with Gasteiger partial charge in [-0.2, -0.15) is 0 Å². The van der Waals surface area contributed by atoms with Crippen LogP contribution in [0, 0.1) is 0 Å². The summed E-state index contributed by atoms with van der Waals surface area (Å²) in [6.45, 7) is 6.22. The van der Waals surface area contributed by atoms with Crippen LogP contribution in [-0.4, -0.2) is 37.2 Å². The molecule has 0 aliphatic heterocycles. The van der Waals surface area contributed by atoms with E-state index in [1.807, 2.05) is 0 Å². The topological polar surface area (TPSA) is 78.9 Å². The van der Waals surface area contributed by atoms with Crippen molar-refractivity contribution in [2.45, 2.75) is 258 Å². The van der Waals surface area contributed by atoms with E-state index in [-0.39, 0.29) is 37.5 Å². The highest BCUT2D eigenvalue weighted by molar-refractivity contribution is 5.71. The molecule has 0 heterocycles. The molecule has 0 saturated heterocycles. The SMILES string of the molecule is CC/C=C\C/C=C\C/C=C\C/C=C\C/C=C\C/C=C\C/C=C\CCCCCC(=O)OC(COC(=O)CCCCC/C=C\C/C=C\C/C=C\CC)COC(=O)CCCCCCCCCC/C=C\C/C=C\C/C=C\C/C=C\C/C=C\C/C=C\CC. The van der Waals surface area contributed by atoms with Crippen molar-refractivity contribution >= 4 is 17.9 Å². The van der Waals surface area contributed by atoms with Crippen LogP contribution in [0.1, 0.15) is 252 Å². The number of hydrogen-bond donors (Lipinski definition) is 0. The molecule has 6 heteroatoms. The minimum atomic E-state index is -0.825. The quantitative estimate of drug-likeness (QED) is 0.0261. The van der Waals surface area contributed by atoms with E-state index in [4.69, 9.17) is 14.2 Å². The summed E-state index contributed by atoms with van der Waals surface area (Å²) in [6.07, 6.45) is 104. The lowest BCUT2D eigenvalue weighted by atomic mass is 10.1. The van der Waals surface area contributed by atoms with Gasteiger partial charge in [-0.25, -0.2) is 0 Å². The second kappa shape index (κ2) is 68.7. The normalized spacial score (nSPS) is 13.4. The van der Waals surface area contributed by atoms with E-state index in [0.29, 0.717) is 19.3 Å². The Labute approximate surface area is 509 Å². The molecule has 83 heavy (non-hydrogen) atoms. The molecule has 0 fully saturated rings. The van der Waals surface area contributed by atoms with Gasteiger partial charge in [-0.05, 0) is 161 Å². The first kappa shape index (κ1) is 77.2. The van der Waals surface area contributed by atoms with E-state index in [9.17, 15) is 14.4 Å². The van der Waals surface area contributed by atoms with Crippen LogP contribution in [0.5, 0.6) is 0 Å². The van der Waals surface area contributed by atoms with Gasteiger partial charge in [-0.1, -0.05) is 267 Å². The lowest BCUT2D eigenvalue weighted by Crippen LogP contribution is -2.30. The molecule has 1 atom stereocenters. The average molecular weight is 1140 g/mol. The average Bonchev–Trinajstić information content (AvgIpc) is 3.49. The van der Waals surface area contributed by atoms with Gasteiger partial charge >= 0.3 is 17.9 Å². The summed E-state index contributed by atoms with van der Waals surface area (Å²) in [6, 6.07) is 0.